The van der Waals surface area contributed by atoms with Gasteiger partial charge in [0.05, 0.1) is 0 Å². The summed E-state index contributed by atoms with van der Waals surface area (Å²) in [7, 11) is -1.23. The third-order valence-corrected chi connectivity index (χ3v) is 8.74. The molecule has 29 heavy (non-hydrogen) atoms. The molecule has 2 rings (SSSR count). The Bertz CT molecular complexity index is 717. The lowest BCUT2D eigenvalue weighted by Gasteiger charge is -2.21. The Labute approximate surface area is 183 Å². The van der Waals surface area contributed by atoms with Crippen LogP contribution >= 0.6 is 0 Å². The highest BCUT2D eigenvalue weighted by atomic mass is 28.3. The van der Waals surface area contributed by atoms with Crippen molar-refractivity contribution in [2.75, 3.05) is 0 Å². The maximum atomic E-state index is 6.36. The Morgan fingerprint density at radius 2 is 0.966 bits per heavy atom. The Hall–Kier alpha value is -1.53. The van der Waals surface area contributed by atoms with Gasteiger partial charge < -0.3 is 8.85 Å². The molecule has 0 spiro atoms. The molecule has 4 heteroatoms. The zero-order valence-corrected chi connectivity index (χ0v) is 22.5. The Morgan fingerprint density at radius 1 is 0.586 bits per heavy atom. The van der Waals surface area contributed by atoms with Crippen LogP contribution in [0.5, 0.6) is 11.5 Å². The molecule has 2 aromatic rings. The molecule has 0 aliphatic heterocycles. The number of hydrogen-bond donors (Lipinski definition) is 0. The minimum absolute atomic E-state index is 0.485. The lowest BCUT2D eigenvalue weighted by atomic mass is 9.90. The Kier molecular flexibility index (Phi) is 9.03. The maximum Gasteiger partial charge on any atom is 0.219 e. The van der Waals surface area contributed by atoms with E-state index in [4.69, 9.17) is 8.85 Å². The summed E-state index contributed by atoms with van der Waals surface area (Å²) in [6, 6.07) is 13.1. The van der Waals surface area contributed by atoms with Crippen LogP contribution in [-0.4, -0.2) is 19.5 Å². The van der Waals surface area contributed by atoms with Crippen LogP contribution in [0, 0.1) is 0 Å². The number of benzene rings is 2. The van der Waals surface area contributed by atoms with Crippen molar-refractivity contribution >= 4 is 19.5 Å². The molecule has 0 radical (unpaired) electrons. The van der Waals surface area contributed by atoms with Gasteiger partial charge in [-0.25, -0.2) is 0 Å². The minimum Gasteiger partial charge on any atom is -0.549 e. The molecule has 2 aromatic carbocycles. The summed E-state index contributed by atoms with van der Waals surface area (Å²) in [4.78, 5) is 0. The van der Waals surface area contributed by atoms with E-state index in [-0.39, 0.29) is 0 Å². The maximum absolute atomic E-state index is 6.36. The summed E-state index contributed by atoms with van der Waals surface area (Å²) in [6.07, 6.45) is 0. The molecule has 160 valence electrons. The van der Waals surface area contributed by atoms with E-state index in [1.54, 1.807) is 0 Å². The monoisotopic (exact) mass is 428 g/mol. The highest BCUT2D eigenvalue weighted by Gasteiger charge is 2.16. The molecule has 0 fully saturated rings. The van der Waals surface area contributed by atoms with Crippen molar-refractivity contribution in [2.24, 2.45) is 0 Å². The summed E-state index contributed by atoms with van der Waals surface area (Å²) in [5.41, 5.74) is 6.78. The molecule has 2 nitrogen and oxygen atoms in total. The highest BCUT2D eigenvalue weighted by molar-refractivity contribution is 6.49. The fourth-order valence-electron chi connectivity index (χ4n) is 4.04. The van der Waals surface area contributed by atoms with E-state index in [2.05, 4.69) is 91.8 Å². The molecule has 0 unspecified atom stereocenters. The first-order chi connectivity index (χ1) is 13.7. The highest BCUT2D eigenvalue weighted by Crippen LogP contribution is 2.35. The standard InChI is InChI=1S/C25H40O2Si2/c1-16(2)20-11-9-13-22(24(20)18(5)6)26-28-15-29-27-23-14-10-12-21(17(3)4)25(23)19(7)8/h9-14,16-19H,15,28-29H2,1-8H3. The van der Waals surface area contributed by atoms with Gasteiger partial charge >= 0.3 is 0 Å². The SMILES string of the molecule is CC(C)c1cccc(O[SiH2]C[SiH2]Oc2cccc(C(C)C)c2C(C)C)c1C(C)C. The molecule has 0 saturated heterocycles. The van der Waals surface area contributed by atoms with E-state index in [1.165, 1.54) is 22.3 Å². The van der Waals surface area contributed by atoms with Crippen LogP contribution in [0.1, 0.15) is 101 Å². The van der Waals surface area contributed by atoms with E-state index >= 15 is 0 Å². The van der Waals surface area contributed by atoms with Crippen molar-refractivity contribution < 1.29 is 8.85 Å². The summed E-state index contributed by atoms with van der Waals surface area (Å²) in [5, 5.41) is 0. The van der Waals surface area contributed by atoms with Crippen LogP contribution in [0.3, 0.4) is 0 Å². The lowest BCUT2D eigenvalue weighted by Crippen LogP contribution is -2.14. The molecule has 0 atom stereocenters. The normalized spacial score (nSPS) is 12.6. The zero-order chi connectivity index (χ0) is 21.6. The summed E-state index contributed by atoms with van der Waals surface area (Å²) >= 11 is 0. The molecule has 0 aliphatic carbocycles. The lowest BCUT2D eigenvalue weighted by molar-refractivity contribution is 0.561. The average molecular weight is 429 g/mol. The number of hydrogen-bond acceptors (Lipinski definition) is 2. The van der Waals surface area contributed by atoms with Gasteiger partial charge in [0.15, 0.2) is 0 Å². The van der Waals surface area contributed by atoms with Gasteiger partial charge in [0.25, 0.3) is 0 Å². The molecule has 0 N–H and O–H groups in total. The van der Waals surface area contributed by atoms with Gasteiger partial charge in [-0.05, 0) is 63.7 Å². The molecular formula is C25H40O2Si2. The van der Waals surface area contributed by atoms with Crippen LogP contribution in [-0.2, 0) is 0 Å². The van der Waals surface area contributed by atoms with Crippen LogP contribution in [0.2, 0.25) is 5.67 Å². The second kappa shape index (κ2) is 11.0. The van der Waals surface area contributed by atoms with Gasteiger partial charge in [-0.3, -0.25) is 0 Å². The second-order valence-corrected chi connectivity index (χ2v) is 13.4. The van der Waals surface area contributed by atoms with Gasteiger partial charge in [-0.1, -0.05) is 79.7 Å². The predicted molar refractivity (Wildman–Crippen MR) is 132 cm³/mol. The summed E-state index contributed by atoms with van der Waals surface area (Å²) < 4.78 is 12.7. The Morgan fingerprint density at radius 3 is 1.28 bits per heavy atom. The Balaban J connectivity index is 2.00. The van der Waals surface area contributed by atoms with Gasteiger partial charge in [0, 0.05) is 0 Å². The van der Waals surface area contributed by atoms with Gasteiger partial charge in [0.2, 0.25) is 19.5 Å². The first-order valence-electron chi connectivity index (χ1n) is 11.2. The molecule has 0 bridgehead atoms. The minimum atomic E-state index is -0.617. The summed E-state index contributed by atoms with van der Waals surface area (Å²) in [6.45, 7) is 18.1. The zero-order valence-electron chi connectivity index (χ0n) is 19.7. The largest absolute Gasteiger partial charge is 0.549 e. The quantitative estimate of drug-likeness (QED) is 0.332. The molecular weight excluding hydrogens is 388 g/mol. The van der Waals surface area contributed by atoms with Crippen molar-refractivity contribution in [3.63, 3.8) is 0 Å². The van der Waals surface area contributed by atoms with Crippen molar-refractivity contribution in [2.45, 2.75) is 84.7 Å². The van der Waals surface area contributed by atoms with E-state index in [0.717, 1.165) is 17.2 Å². The van der Waals surface area contributed by atoms with Gasteiger partial charge in [-0.2, -0.15) is 0 Å². The molecule has 0 saturated carbocycles. The van der Waals surface area contributed by atoms with Crippen molar-refractivity contribution in [1.29, 1.82) is 0 Å². The first-order valence-corrected chi connectivity index (χ1v) is 14.4. The van der Waals surface area contributed by atoms with Crippen molar-refractivity contribution in [3.05, 3.63) is 58.7 Å². The molecule has 0 aromatic heterocycles. The second-order valence-electron chi connectivity index (χ2n) is 9.19. The van der Waals surface area contributed by atoms with Gasteiger partial charge in [-0.15, -0.1) is 0 Å². The third-order valence-electron chi connectivity index (χ3n) is 5.40. The molecule has 0 amide bonds. The number of rotatable bonds is 10. The van der Waals surface area contributed by atoms with E-state index in [9.17, 15) is 0 Å². The van der Waals surface area contributed by atoms with Crippen LogP contribution < -0.4 is 8.85 Å². The van der Waals surface area contributed by atoms with Crippen LogP contribution in [0.25, 0.3) is 0 Å². The van der Waals surface area contributed by atoms with E-state index in [1.807, 2.05) is 0 Å². The van der Waals surface area contributed by atoms with E-state index < -0.39 is 19.5 Å². The summed E-state index contributed by atoms with van der Waals surface area (Å²) in [5.74, 6) is 4.24. The first kappa shape index (κ1) is 23.7. The van der Waals surface area contributed by atoms with Crippen LogP contribution in [0.4, 0.5) is 0 Å². The predicted octanol–water partition coefficient (Wildman–Crippen LogP) is 6.18. The van der Waals surface area contributed by atoms with Crippen molar-refractivity contribution in [3.8, 4) is 11.5 Å². The molecule has 0 heterocycles. The van der Waals surface area contributed by atoms with Crippen molar-refractivity contribution in [1.82, 2.24) is 0 Å². The average Bonchev–Trinajstić information content (AvgIpc) is 2.66. The van der Waals surface area contributed by atoms with Crippen LogP contribution in [0.15, 0.2) is 36.4 Å². The molecule has 0 aliphatic rings. The van der Waals surface area contributed by atoms with Gasteiger partial charge in [0.1, 0.15) is 11.5 Å². The topological polar surface area (TPSA) is 18.5 Å². The smallest absolute Gasteiger partial charge is 0.219 e. The fourth-order valence-corrected chi connectivity index (χ4v) is 6.61. The third kappa shape index (κ3) is 6.22. The van der Waals surface area contributed by atoms with E-state index in [0.29, 0.717) is 23.7 Å². The fraction of sp³-hybridized carbons (Fsp3) is 0.520.